The molecule has 3 rings (SSSR count). The molecule has 0 unspecified atom stereocenters. The van der Waals surface area contributed by atoms with E-state index >= 15 is 0 Å². The normalized spacial score (nSPS) is 10.8. The number of non-ortho nitro benzene ring substituents is 2. The van der Waals surface area contributed by atoms with E-state index in [0.717, 1.165) is 0 Å². The van der Waals surface area contributed by atoms with Crippen LogP contribution in [0.3, 0.4) is 0 Å². The number of anilines is 1. The molecular weight excluding hydrogens is 392 g/mol. The molecule has 0 aliphatic rings. The van der Waals surface area contributed by atoms with Gasteiger partial charge in [0.05, 0.1) is 21.7 Å². The number of nitrogens with one attached hydrogen (secondary N) is 2. The SMILES string of the molecule is N#CC(=Cc1cn[nH]c1-c1cccc([N+](=O)[O-])c1)C(=O)Nc1ccc([N+](=O)[O-])cc1. The van der Waals surface area contributed by atoms with Crippen LogP contribution in [0.25, 0.3) is 17.3 Å². The van der Waals surface area contributed by atoms with Gasteiger partial charge in [0.1, 0.15) is 11.6 Å². The van der Waals surface area contributed by atoms with E-state index in [2.05, 4.69) is 15.5 Å². The van der Waals surface area contributed by atoms with Gasteiger partial charge < -0.3 is 5.32 Å². The standard InChI is InChI=1S/C19H12N6O5/c20-10-13(19(26)22-15-4-6-16(7-5-15)24(27)28)8-14-11-21-23-18(14)12-2-1-3-17(9-12)25(29)30/h1-9,11H,(H,21,23)(H,22,26). The topological polar surface area (TPSA) is 168 Å². The lowest BCUT2D eigenvalue weighted by Gasteiger charge is -2.04. The maximum Gasteiger partial charge on any atom is 0.270 e. The number of amides is 1. The van der Waals surface area contributed by atoms with Gasteiger partial charge in [-0.1, -0.05) is 12.1 Å². The minimum Gasteiger partial charge on any atom is -0.321 e. The van der Waals surface area contributed by atoms with Gasteiger partial charge in [0.25, 0.3) is 17.3 Å². The molecule has 0 saturated carbocycles. The average molecular weight is 404 g/mol. The van der Waals surface area contributed by atoms with Crippen molar-refractivity contribution in [2.24, 2.45) is 0 Å². The first kappa shape index (κ1) is 19.9. The summed E-state index contributed by atoms with van der Waals surface area (Å²) in [5.41, 5.74) is 1.01. The van der Waals surface area contributed by atoms with Crippen LogP contribution in [-0.4, -0.2) is 26.0 Å². The van der Waals surface area contributed by atoms with Gasteiger partial charge in [-0.15, -0.1) is 0 Å². The molecule has 2 aromatic carbocycles. The number of H-pyrrole nitrogens is 1. The van der Waals surface area contributed by atoms with E-state index in [1.165, 1.54) is 54.7 Å². The maximum atomic E-state index is 12.4. The monoisotopic (exact) mass is 404 g/mol. The lowest BCUT2D eigenvalue weighted by atomic mass is 10.1. The number of nitrogens with zero attached hydrogens (tertiary/aromatic N) is 4. The summed E-state index contributed by atoms with van der Waals surface area (Å²) in [6.45, 7) is 0. The largest absolute Gasteiger partial charge is 0.321 e. The predicted octanol–water partition coefficient (Wildman–Crippen LogP) is 3.44. The highest BCUT2D eigenvalue weighted by atomic mass is 16.6. The zero-order valence-electron chi connectivity index (χ0n) is 15.1. The summed E-state index contributed by atoms with van der Waals surface area (Å²) in [4.78, 5) is 33.0. The fourth-order valence-electron chi connectivity index (χ4n) is 2.58. The van der Waals surface area contributed by atoms with Gasteiger partial charge in [-0.2, -0.15) is 10.4 Å². The third-order valence-corrected chi connectivity index (χ3v) is 4.02. The molecule has 1 aromatic heterocycles. The highest BCUT2D eigenvalue weighted by Gasteiger charge is 2.15. The molecule has 11 nitrogen and oxygen atoms in total. The fourth-order valence-corrected chi connectivity index (χ4v) is 2.58. The summed E-state index contributed by atoms with van der Waals surface area (Å²) < 4.78 is 0. The zero-order chi connectivity index (χ0) is 21.7. The molecule has 30 heavy (non-hydrogen) atoms. The molecule has 3 aromatic rings. The van der Waals surface area contributed by atoms with Gasteiger partial charge in [-0.25, -0.2) is 0 Å². The number of carbonyl (C=O) groups is 1. The van der Waals surface area contributed by atoms with Crippen molar-refractivity contribution in [1.29, 1.82) is 5.26 Å². The van der Waals surface area contributed by atoms with E-state index in [1.54, 1.807) is 12.1 Å². The Hall–Kier alpha value is -4.85. The molecule has 0 aliphatic carbocycles. The molecule has 0 fully saturated rings. The molecule has 0 spiro atoms. The minimum absolute atomic E-state index is 0.117. The third-order valence-electron chi connectivity index (χ3n) is 4.02. The Kier molecular flexibility index (Phi) is 5.60. The Morgan fingerprint density at radius 3 is 2.43 bits per heavy atom. The van der Waals surface area contributed by atoms with Crippen molar-refractivity contribution in [3.63, 3.8) is 0 Å². The van der Waals surface area contributed by atoms with Gasteiger partial charge in [0.2, 0.25) is 0 Å². The Morgan fingerprint density at radius 2 is 1.80 bits per heavy atom. The van der Waals surface area contributed by atoms with Gasteiger partial charge >= 0.3 is 0 Å². The molecule has 1 heterocycles. The van der Waals surface area contributed by atoms with Gasteiger partial charge in [0, 0.05) is 41.1 Å². The van der Waals surface area contributed by atoms with Crippen molar-refractivity contribution < 1.29 is 14.6 Å². The zero-order valence-corrected chi connectivity index (χ0v) is 15.1. The number of aromatic nitrogens is 2. The first-order valence-corrected chi connectivity index (χ1v) is 8.35. The molecular formula is C19H12N6O5. The van der Waals surface area contributed by atoms with Crippen LogP contribution in [0, 0.1) is 31.6 Å². The molecule has 2 N–H and O–H groups in total. The number of rotatable bonds is 6. The van der Waals surface area contributed by atoms with Crippen molar-refractivity contribution in [2.45, 2.75) is 0 Å². The molecule has 0 radical (unpaired) electrons. The first-order valence-electron chi connectivity index (χ1n) is 8.35. The molecule has 0 aliphatic heterocycles. The number of hydrogen-bond donors (Lipinski definition) is 2. The summed E-state index contributed by atoms with van der Waals surface area (Å²) in [7, 11) is 0. The molecule has 0 saturated heterocycles. The fraction of sp³-hybridized carbons (Fsp3) is 0. The summed E-state index contributed by atoms with van der Waals surface area (Å²) in [5, 5.41) is 40.1. The predicted molar refractivity (Wildman–Crippen MR) is 106 cm³/mol. The Morgan fingerprint density at radius 1 is 1.10 bits per heavy atom. The highest BCUT2D eigenvalue weighted by molar-refractivity contribution is 6.10. The highest BCUT2D eigenvalue weighted by Crippen LogP contribution is 2.26. The number of hydrogen-bond acceptors (Lipinski definition) is 7. The van der Waals surface area contributed by atoms with Crippen molar-refractivity contribution in [3.8, 4) is 17.3 Å². The second-order valence-electron chi connectivity index (χ2n) is 5.94. The van der Waals surface area contributed by atoms with Crippen molar-refractivity contribution in [3.05, 3.63) is 86.1 Å². The van der Waals surface area contributed by atoms with Crippen LogP contribution >= 0.6 is 0 Å². The van der Waals surface area contributed by atoms with Crippen LogP contribution in [-0.2, 0) is 4.79 Å². The second kappa shape index (κ2) is 8.44. The number of benzene rings is 2. The number of nitro benzene ring substituents is 2. The van der Waals surface area contributed by atoms with E-state index in [1.807, 2.05) is 0 Å². The first-order chi connectivity index (χ1) is 14.4. The van der Waals surface area contributed by atoms with Crippen LogP contribution in [0.2, 0.25) is 0 Å². The minimum atomic E-state index is -0.724. The lowest BCUT2D eigenvalue weighted by Crippen LogP contribution is -2.13. The van der Waals surface area contributed by atoms with Crippen molar-refractivity contribution in [1.82, 2.24) is 10.2 Å². The Bertz CT molecular complexity index is 1210. The van der Waals surface area contributed by atoms with E-state index < -0.39 is 15.8 Å². The molecule has 1 amide bonds. The van der Waals surface area contributed by atoms with Gasteiger partial charge in [-0.3, -0.25) is 30.1 Å². The third kappa shape index (κ3) is 4.34. The van der Waals surface area contributed by atoms with Crippen LogP contribution in [0.1, 0.15) is 5.56 Å². The molecule has 0 bridgehead atoms. The molecule has 0 atom stereocenters. The van der Waals surface area contributed by atoms with Crippen molar-refractivity contribution in [2.75, 3.05) is 5.32 Å². The van der Waals surface area contributed by atoms with Crippen LogP contribution in [0.5, 0.6) is 0 Å². The van der Waals surface area contributed by atoms with Crippen LogP contribution < -0.4 is 5.32 Å². The molecule has 148 valence electrons. The molecule has 11 heteroatoms. The lowest BCUT2D eigenvalue weighted by molar-refractivity contribution is -0.385. The van der Waals surface area contributed by atoms with E-state index in [0.29, 0.717) is 16.8 Å². The summed E-state index contributed by atoms with van der Waals surface area (Å²) >= 11 is 0. The van der Waals surface area contributed by atoms with Gasteiger partial charge in [-0.05, 0) is 18.2 Å². The Labute approximate surface area is 168 Å². The van der Waals surface area contributed by atoms with Crippen molar-refractivity contribution >= 4 is 29.0 Å². The van der Waals surface area contributed by atoms with Crippen LogP contribution in [0.15, 0.2) is 60.3 Å². The maximum absolute atomic E-state index is 12.4. The van der Waals surface area contributed by atoms with E-state index in [4.69, 9.17) is 0 Å². The van der Waals surface area contributed by atoms with E-state index in [9.17, 15) is 30.3 Å². The Balaban J connectivity index is 1.87. The second-order valence-corrected chi connectivity index (χ2v) is 5.94. The number of aromatic amines is 1. The summed E-state index contributed by atoms with van der Waals surface area (Å²) in [6.07, 6.45) is 2.67. The van der Waals surface area contributed by atoms with Crippen LogP contribution in [0.4, 0.5) is 17.1 Å². The average Bonchev–Trinajstić information content (AvgIpc) is 3.20. The quantitative estimate of drug-likeness (QED) is 0.274. The number of carbonyl (C=O) groups excluding carboxylic acids is 1. The number of nitriles is 1. The smallest absolute Gasteiger partial charge is 0.270 e. The summed E-state index contributed by atoms with van der Waals surface area (Å²) in [5.74, 6) is -0.724. The summed E-state index contributed by atoms with van der Waals surface area (Å²) in [6, 6.07) is 12.7. The van der Waals surface area contributed by atoms with E-state index in [-0.39, 0.29) is 22.6 Å². The number of nitro groups is 2. The van der Waals surface area contributed by atoms with Gasteiger partial charge in [0.15, 0.2) is 0 Å².